The number of hydrogen-bond acceptors (Lipinski definition) is 6. The normalized spacial score (nSPS) is 20.8. The summed E-state index contributed by atoms with van der Waals surface area (Å²) in [6.45, 7) is 1.70. The zero-order chi connectivity index (χ0) is 18.9. The van der Waals surface area contributed by atoms with Crippen molar-refractivity contribution in [2.45, 2.75) is 50.9 Å². The van der Waals surface area contributed by atoms with E-state index in [-0.39, 0.29) is 17.4 Å². The van der Waals surface area contributed by atoms with E-state index in [0.717, 1.165) is 25.7 Å². The number of aromatic nitrogens is 3. The fourth-order valence-electron chi connectivity index (χ4n) is 3.05. The average Bonchev–Trinajstić information content (AvgIpc) is 2.57. The van der Waals surface area contributed by atoms with Crippen molar-refractivity contribution in [2.75, 3.05) is 5.32 Å². The molecule has 0 aromatic carbocycles. The number of nitrogens with zero attached hydrogens (tertiary/aromatic N) is 3. The summed E-state index contributed by atoms with van der Waals surface area (Å²) in [6, 6.07) is 2.18. The smallest absolute Gasteiger partial charge is 0.418 e. The van der Waals surface area contributed by atoms with Gasteiger partial charge in [-0.3, -0.25) is 0 Å². The summed E-state index contributed by atoms with van der Waals surface area (Å²) in [6.07, 6.45) is -0.828. The molecule has 6 nitrogen and oxygen atoms in total. The summed E-state index contributed by atoms with van der Waals surface area (Å²) in [5, 5.41) is 31.1. The van der Waals surface area contributed by atoms with E-state index in [4.69, 9.17) is 0 Å². The Hall–Kier alpha value is -2.42. The van der Waals surface area contributed by atoms with Crippen molar-refractivity contribution in [2.24, 2.45) is 0 Å². The predicted octanol–water partition coefficient (Wildman–Crippen LogP) is 3.29. The molecule has 2 heterocycles. The summed E-state index contributed by atoms with van der Waals surface area (Å²) in [7, 11) is 0. The van der Waals surface area contributed by atoms with Gasteiger partial charge >= 0.3 is 6.18 Å². The van der Waals surface area contributed by atoms with Gasteiger partial charge in [0.25, 0.3) is 0 Å². The maximum absolute atomic E-state index is 12.7. The monoisotopic (exact) mass is 368 g/mol. The van der Waals surface area contributed by atoms with Crippen molar-refractivity contribution in [3.8, 4) is 17.1 Å². The van der Waals surface area contributed by atoms with Crippen LogP contribution in [0.4, 0.5) is 19.0 Å². The van der Waals surface area contributed by atoms with E-state index < -0.39 is 23.6 Å². The van der Waals surface area contributed by atoms with Gasteiger partial charge in [-0.1, -0.05) is 12.8 Å². The first-order valence-electron chi connectivity index (χ1n) is 8.31. The summed E-state index contributed by atoms with van der Waals surface area (Å²) >= 11 is 0. The molecule has 2 aromatic rings. The van der Waals surface area contributed by atoms with Crippen LogP contribution >= 0.6 is 0 Å². The minimum atomic E-state index is -4.58. The third kappa shape index (κ3) is 3.87. The zero-order valence-corrected chi connectivity index (χ0v) is 14.1. The second kappa shape index (κ2) is 7.06. The molecule has 3 rings (SSSR count). The van der Waals surface area contributed by atoms with Gasteiger partial charge in [0.1, 0.15) is 23.0 Å². The third-order valence-corrected chi connectivity index (χ3v) is 4.47. The van der Waals surface area contributed by atoms with Gasteiger partial charge in [-0.2, -0.15) is 13.2 Å². The molecular weight excluding hydrogens is 349 g/mol. The van der Waals surface area contributed by atoms with Gasteiger partial charge in [0.15, 0.2) is 0 Å². The number of nitrogens with one attached hydrogen (secondary N) is 1. The largest absolute Gasteiger partial charge is 0.506 e. The molecule has 9 heteroatoms. The SMILES string of the molecule is Cc1cc(N[C@@H]2CCCC[C@H]2O)nnc1-c1ncc(C(F)(F)F)cc1O. The van der Waals surface area contributed by atoms with Gasteiger partial charge in [0, 0.05) is 6.20 Å². The summed E-state index contributed by atoms with van der Waals surface area (Å²) in [5.74, 6) is -0.149. The van der Waals surface area contributed by atoms with Crippen molar-refractivity contribution in [1.82, 2.24) is 15.2 Å². The van der Waals surface area contributed by atoms with Gasteiger partial charge in [-0.15, -0.1) is 10.2 Å². The number of hydrogen-bond donors (Lipinski definition) is 3. The molecule has 0 bridgehead atoms. The highest BCUT2D eigenvalue weighted by Crippen LogP contribution is 2.35. The Bertz CT molecular complexity index is 798. The molecule has 1 fully saturated rings. The van der Waals surface area contributed by atoms with Crippen LogP contribution < -0.4 is 5.32 Å². The Kier molecular flexibility index (Phi) is 4.99. The second-order valence-corrected chi connectivity index (χ2v) is 6.45. The molecule has 3 N–H and O–H groups in total. The van der Waals surface area contributed by atoms with Gasteiger partial charge < -0.3 is 15.5 Å². The molecule has 2 atom stereocenters. The fraction of sp³-hybridized carbons (Fsp3) is 0.471. The Labute approximate surface area is 148 Å². The van der Waals surface area contributed by atoms with E-state index in [2.05, 4.69) is 20.5 Å². The molecule has 0 amide bonds. The Morgan fingerprint density at radius 3 is 2.46 bits per heavy atom. The molecule has 26 heavy (non-hydrogen) atoms. The summed E-state index contributed by atoms with van der Waals surface area (Å²) in [4.78, 5) is 3.70. The lowest BCUT2D eigenvalue weighted by Gasteiger charge is -2.28. The predicted molar refractivity (Wildman–Crippen MR) is 88.6 cm³/mol. The Balaban J connectivity index is 1.84. The van der Waals surface area contributed by atoms with Crippen LogP contribution in [0.25, 0.3) is 11.4 Å². The molecular formula is C17H19F3N4O2. The van der Waals surface area contributed by atoms with Crippen LogP contribution in [0.3, 0.4) is 0 Å². The lowest BCUT2D eigenvalue weighted by Crippen LogP contribution is -2.36. The zero-order valence-electron chi connectivity index (χ0n) is 14.1. The number of aromatic hydroxyl groups is 1. The molecule has 1 aliphatic carbocycles. The van der Waals surface area contributed by atoms with Crippen LogP contribution in [0.5, 0.6) is 5.75 Å². The van der Waals surface area contributed by atoms with E-state index in [1.165, 1.54) is 0 Å². The van der Waals surface area contributed by atoms with Crippen molar-refractivity contribution in [1.29, 1.82) is 0 Å². The number of aryl methyl sites for hydroxylation is 1. The number of alkyl halides is 3. The maximum atomic E-state index is 12.7. The van der Waals surface area contributed by atoms with Gasteiger partial charge in [0.2, 0.25) is 0 Å². The molecule has 1 aliphatic rings. The van der Waals surface area contributed by atoms with Crippen LogP contribution in [0.1, 0.15) is 36.8 Å². The highest BCUT2D eigenvalue weighted by atomic mass is 19.4. The third-order valence-electron chi connectivity index (χ3n) is 4.47. The molecule has 0 radical (unpaired) electrons. The first-order chi connectivity index (χ1) is 12.3. The number of halogens is 3. The van der Waals surface area contributed by atoms with Crippen LogP contribution in [-0.2, 0) is 6.18 Å². The highest BCUT2D eigenvalue weighted by Gasteiger charge is 2.32. The molecule has 0 saturated heterocycles. The van der Waals surface area contributed by atoms with Gasteiger partial charge in [0.05, 0.1) is 17.7 Å². The van der Waals surface area contributed by atoms with Crippen molar-refractivity contribution >= 4 is 5.82 Å². The van der Waals surface area contributed by atoms with E-state index in [1.54, 1.807) is 13.0 Å². The lowest BCUT2D eigenvalue weighted by molar-refractivity contribution is -0.137. The number of aliphatic hydroxyl groups is 1. The average molecular weight is 368 g/mol. The van der Waals surface area contributed by atoms with Crippen molar-refractivity contribution < 1.29 is 23.4 Å². The second-order valence-electron chi connectivity index (χ2n) is 6.45. The standard InChI is InChI=1S/C17H19F3N4O2/c1-9-6-14(22-11-4-2-3-5-12(11)25)23-24-15(9)16-13(26)7-10(8-21-16)17(18,19)20/h6-8,11-12,25-26H,2-5H2,1H3,(H,22,23)/t11-,12-/m1/s1. The maximum Gasteiger partial charge on any atom is 0.418 e. The minimum Gasteiger partial charge on any atom is -0.506 e. The van der Waals surface area contributed by atoms with Crippen molar-refractivity contribution in [3.63, 3.8) is 0 Å². The first kappa shape index (κ1) is 18.4. The minimum absolute atomic E-state index is 0.0627. The van der Waals surface area contributed by atoms with Crippen LogP contribution in [-0.4, -0.2) is 37.5 Å². The van der Waals surface area contributed by atoms with E-state index >= 15 is 0 Å². The quantitative estimate of drug-likeness (QED) is 0.770. The van der Waals surface area contributed by atoms with Crippen molar-refractivity contribution in [3.05, 3.63) is 29.5 Å². The van der Waals surface area contributed by atoms with Crippen LogP contribution in [0.15, 0.2) is 18.3 Å². The highest BCUT2D eigenvalue weighted by molar-refractivity contribution is 5.66. The van der Waals surface area contributed by atoms with Crippen LogP contribution in [0.2, 0.25) is 0 Å². The number of pyridine rings is 1. The Morgan fingerprint density at radius 1 is 1.12 bits per heavy atom. The first-order valence-corrected chi connectivity index (χ1v) is 8.31. The van der Waals surface area contributed by atoms with E-state index in [1.807, 2.05) is 0 Å². The lowest BCUT2D eigenvalue weighted by atomic mass is 9.92. The van der Waals surface area contributed by atoms with Crippen LogP contribution in [0, 0.1) is 6.92 Å². The molecule has 2 aromatic heterocycles. The topological polar surface area (TPSA) is 91.2 Å². The molecule has 0 unspecified atom stereocenters. The number of rotatable bonds is 3. The number of aliphatic hydroxyl groups excluding tert-OH is 1. The van der Waals surface area contributed by atoms with E-state index in [9.17, 15) is 23.4 Å². The fourth-order valence-corrected chi connectivity index (χ4v) is 3.05. The molecule has 1 saturated carbocycles. The summed E-state index contributed by atoms with van der Waals surface area (Å²) in [5.41, 5.74) is -0.303. The van der Waals surface area contributed by atoms with Gasteiger partial charge in [-0.25, -0.2) is 4.98 Å². The molecule has 0 spiro atoms. The molecule has 140 valence electrons. The van der Waals surface area contributed by atoms with Gasteiger partial charge in [-0.05, 0) is 37.5 Å². The number of anilines is 1. The summed E-state index contributed by atoms with van der Waals surface area (Å²) < 4.78 is 38.0. The van der Waals surface area contributed by atoms with E-state index in [0.29, 0.717) is 23.6 Å². The Morgan fingerprint density at radius 2 is 1.85 bits per heavy atom. The molecule has 0 aliphatic heterocycles.